The topological polar surface area (TPSA) is 37.3 Å². The maximum atomic E-state index is 13.2. The van der Waals surface area contributed by atoms with E-state index in [-0.39, 0.29) is 5.56 Å². The summed E-state index contributed by atoms with van der Waals surface area (Å²) in [6, 6.07) is 14.7. The highest BCUT2D eigenvalue weighted by Gasteiger charge is 2.11. The van der Waals surface area contributed by atoms with Crippen molar-refractivity contribution in [2.24, 2.45) is 0 Å². The smallest absolute Gasteiger partial charge is 0.335 e. The Balaban J connectivity index is 2.31. The third-order valence-corrected chi connectivity index (χ3v) is 3.66. The molecule has 0 aliphatic heterocycles. The van der Waals surface area contributed by atoms with E-state index in [4.69, 9.17) is 16.7 Å². The van der Waals surface area contributed by atoms with Gasteiger partial charge in [0.05, 0.1) is 10.6 Å². The molecule has 0 aliphatic rings. The minimum absolute atomic E-state index is 0.202. The van der Waals surface area contributed by atoms with Crippen LogP contribution in [0.2, 0.25) is 5.02 Å². The second kappa shape index (κ2) is 5.19. The van der Waals surface area contributed by atoms with Gasteiger partial charge in [-0.3, -0.25) is 0 Å². The van der Waals surface area contributed by atoms with E-state index in [2.05, 4.69) is 0 Å². The summed E-state index contributed by atoms with van der Waals surface area (Å²) in [4.78, 5) is 11.1. The summed E-state index contributed by atoms with van der Waals surface area (Å²) >= 11 is 6.11. The molecule has 0 fully saturated rings. The standard InChI is InChI=1S/C17H10ClFO2/c18-16-9-12(19)6-7-14(16)13-3-1-2-10-4-5-11(17(20)21)8-15(10)13/h1-9H,(H,20,21). The van der Waals surface area contributed by atoms with Crippen molar-refractivity contribution in [2.75, 3.05) is 0 Å². The monoisotopic (exact) mass is 300 g/mol. The molecular weight excluding hydrogens is 291 g/mol. The summed E-state index contributed by atoms with van der Waals surface area (Å²) in [7, 11) is 0. The fourth-order valence-corrected chi connectivity index (χ4v) is 2.62. The maximum Gasteiger partial charge on any atom is 0.335 e. The SMILES string of the molecule is O=C(O)c1ccc2cccc(-c3ccc(F)cc3Cl)c2c1. The Hall–Kier alpha value is -2.39. The van der Waals surface area contributed by atoms with Crippen LogP contribution in [0, 0.1) is 5.82 Å². The first-order valence-electron chi connectivity index (χ1n) is 6.28. The number of halogens is 2. The lowest BCUT2D eigenvalue weighted by atomic mass is 9.96. The zero-order chi connectivity index (χ0) is 15.0. The number of carboxylic acid groups (broad SMARTS) is 1. The molecule has 0 unspecified atom stereocenters. The molecule has 104 valence electrons. The first-order chi connectivity index (χ1) is 10.1. The maximum absolute atomic E-state index is 13.2. The highest BCUT2D eigenvalue weighted by atomic mass is 35.5. The normalized spacial score (nSPS) is 10.8. The number of benzene rings is 3. The van der Waals surface area contributed by atoms with E-state index >= 15 is 0 Å². The van der Waals surface area contributed by atoms with Crippen LogP contribution in [0.15, 0.2) is 54.6 Å². The number of aromatic carboxylic acids is 1. The third-order valence-electron chi connectivity index (χ3n) is 3.35. The Bertz CT molecular complexity index is 859. The van der Waals surface area contributed by atoms with Crippen LogP contribution < -0.4 is 0 Å². The second-order valence-electron chi connectivity index (χ2n) is 4.67. The van der Waals surface area contributed by atoms with Crippen molar-refractivity contribution in [3.63, 3.8) is 0 Å². The fraction of sp³-hybridized carbons (Fsp3) is 0. The Kier molecular flexibility index (Phi) is 3.35. The average molecular weight is 301 g/mol. The predicted molar refractivity (Wildman–Crippen MR) is 81.3 cm³/mol. The molecule has 4 heteroatoms. The first kappa shape index (κ1) is 13.6. The van der Waals surface area contributed by atoms with Gasteiger partial charge in [-0.1, -0.05) is 35.9 Å². The summed E-state index contributed by atoms with van der Waals surface area (Å²) in [5.41, 5.74) is 1.65. The Labute approximate surface area is 125 Å². The van der Waals surface area contributed by atoms with Gasteiger partial charge in [0.15, 0.2) is 0 Å². The van der Waals surface area contributed by atoms with E-state index in [1.54, 1.807) is 24.3 Å². The van der Waals surface area contributed by atoms with Gasteiger partial charge in [0.2, 0.25) is 0 Å². The van der Waals surface area contributed by atoms with E-state index in [1.807, 2.05) is 18.2 Å². The minimum Gasteiger partial charge on any atom is -0.478 e. The summed E-state index contributed by atoms with van der Waals surface area (Å²) in [6.07, 6.45) is 0. The van der Waals surface area contributed by atoms with Gasteiger partial charge in [-0.25, -0.2) is 9.18 Å². The molecule has 3 rings (SSSR count). The average Bonchev–Trinajstić information content (AvgIpc) is 2.46. The number of carbonyl (C=O) groups is 1. The highest BCUT2D eigenvalue weighted by Crippen LogP contribution is 2.34. The van der Waals surface area contributed by atoms with Gasteiger partial charge in [-0.2, -0.15) is 0 Å². The van der Waals surface area contributed by atoms with Crippen molar-refractivity contribution >= 4 is 28.3 Å². The number of rotatable bonds is 2. The van der Waals surface area contributed by atoms with E-state index in [9.17, 15) is 9.18 Å². The zero-order valence-electron chi connectivity index (χ0n) is 10.8. The molecule has 0 saturated carbocycles. The number of hydrogen-bond acceptors (Lipinski definition) is 1. The molecular formula is C17H10ClFO2. The molecule has 2 nitrogen and oxygen atoms in total. The molecule has 0 bridgehead atoms. The summed E-state index contributed by atoms with van der Waals surface area (Å²) in [6.45, 7) is 0. The molecule has 0 radical (unpaired) electrons. The molecule has 0 atom stereocenters. The van der Waals surface area contributed by atoms with Gasteiger partial charge in [0.1, 0.15) is 5.82 Å². The van der Waals surface area contributed by atoms with Crippen molar-refractivity contribution in [3.8, 4) is 11.1 Å². The van der Waals surface area contributed by atoms with Crippen LogP contribution in [0.5, 0.6) is 0 Å². The van der Waals surface area contributed by atoms with Crippen LogP contribution >= 0.6 is 11.6 Å². The van der Waals surface area contributed by atoms with Crippen LogP contribution in [0.4, 0.5) is 4.39 Å². The summed E-state index contributed by atoms with van der Waals surface area (Å²) in [5, 5.41) is 11.1. The molecule has 0 aromatic heterocycles. The molecule has 0 amide bonds. The van der Waals surface area contributed by atoms with Crippen LogP contribution in [-0.4, -0.2) is 11.1 Å². The molecule has 3 aromatic carbocycles. The molecule has 0 spiro atoms. The lowest BCUT2D eigenvalue weighted by Gasteiger charge is -2.09. The lowest BCUT2D eigenvalue weighted by Crippen LogP contribution is -1.95. The van der Waals surface area contributed by atoms with Crippen molar-refractivity contribution in [1.82, 2.24) is 0 Å². The van der Waals surface area contributed by atoms with E-state index in [0.29, 0.717) is 10.6 Å². The van der Waals surface area contributed by atoms with Gasteiger partial charge < -0.3 is 5.11 Å². The zero-order valence-corrected chi connectivity index (χ0v) is 11.6. The van der Waals surface area contributed by atoms with Crippen molar-refractivity contribution in [3.05, 3.63) is 71.0 Å². The van der Waals surface area contributed by atoms with Crippen LogP contribution in [0.25, 0.3) is 21.9 Å². The molecule has 0 aliphatic carbocycles. The molecule has 1 N–H and O–H groups in total. The van der Waals surface area contributed by atoms with E-state index in [0.717, 1.165) is 16.3 Å². The Morgan fingerprint density at radius 1 is 1.00 bits per heavy atom. The molecule has 3 aromatic rings. The molecule has 0 heterocycles. The van der Waals surface area contributed by atoms with Crippen LogP contribution in [0.3, 0.4) is 0 Å². The minimum atomic E-state index is -0.989. The quantitative estimate of drug-likeness (QED) is 0.723. The fourth-order valence-electron chi connectivity index (χ4n) is 2.35. The Morgan fingerprint density at radius 2 is 1.81 bits per heavy atom. The van der Waals surface area contributed by atoms with Gasteiger partial charge in [0, 0.05) is 5.56 Å². The summed E-state index contributed by atoms with van der Waals surface area (Å²) < 4.78 is 13.2. The van der Waals surface area contributed by atoms with Crippen LogP contribution in [-0.2, 0) is 0 Å². The lowest BCUT2D eigenvalue weighted by molar-refractivity contribution is 0.0697. The van der Waals surface area contributed by atoms with Crippen molar-refractivity contribution in [1.29, 1.82) is 0 Å². The molecule has 21 heavy (non-hydrogen) atoms. The van der Waals surface area contributed by atoms with Gasteiger partial charge in [-0.05, 0) is 46.7 Å². The third kappa shape index (κ3) is 2.48. The van der Waals surface area contributed by atoms with Gasteiger partial charge in [0.25, 0.3) is 0 Å². The first-order valence-corrected chi connectivity index (χ1v) is 6.65. The van der Waals surface area contributed by atoms with E-state index < -0.39 is 11.8 Å². The Morgan fingerprint density at radius 3 is 2.52 bits per heavy atom. The van der Waals surface area contributed by atoms with E-state index in [1.165, 1.54) is 12.1 Å². The van der Waals surface area contributed by atoms with Gasteiger partial charge in [-0.15, -0.1) is 0 Å². The largest absolute Gasteiger partial charge is 0.478 e. The number of fused-ring (bicyclic) bond motifs is 1. The number of carboxylic acids is 1. The van der Waals surface area contributed by atoms with Gasteiger partial charge >= 0.3 is 5.97 Å². The predicted octanol–water partition coefficient (Wildman–Crippen LogP) is 5.00. The molecule has 0 saturated heterocycles. The number of hydrogen-bond donors (Lipinski definition) is 1. The second-order valence-corrected chi connectivity index (χ2v) is 5.08. The highest BCUT2D eigenvalue weighted by molar-refractivity contribution is 6.33. The van der Waals surface area contributed by atoms with Crippen molar-refractivity contribution in [2.45, 2.75) is 0 Å². The van der Waals surface area contributed by atoms with Crippen molar-refractivity contribution < 1.29 is 14.3 Å². The van der Waals surface area contributed by atoms with Crippen LogP contribution in [0.1, 0.15) is 10.4 Å². The summed E-state index contributed by atoms with van der Waals surface area (Å²) in [5.74, 6) is -1.40.